The number of rotatable bonds is 6. The maximum absolute atomic E-state index is 12.0. The summed E-state index contributed by atoms with van der Waals surface area (Å²) in [5.41, 5.74) is 5.17. The van der Waals surface area contributed by atoms with Crippen molar-refractivity contribution >= 4 is 18.1 Å². The van der Waals surface area contributed by atoms with E-state index >= 15 is 0 Å². The van der Waals surface area contributed by atoms with Crippen molar-refractivity contribution in [2.24, 2.45) is 5.73 Å². The molecule has 0 heterocycles. The van der Waals surface area contributed by atoms with E-state index in [1.165, 1.54) is 0 Å². The van der Waals surface area contributed by atoms with Crippen molar-refractivity contribution in [3.63, 3.8) is 0 Å². The van der Waals surface area contributed by atoms with Gasteiger partial charge in [-0.2, -0.15) is 0 Å². The van der Waals surface area contributed by atoms with Crippen LogP contribution in [0.5, 0.6) is 5.75 Å². The van der Waals surface area contributed by atoms with Gasteiger partial charge in [-0.3, -0.25) is 5.41 Å². The summed E-state index contributed by atoms with van der Waals surface area (Å²) in [4.78, 5) is 22.8. The molecule has 138 valence electrons. The van der Waals surface area contributed by atoms with Crippen LogP contribution < -0.4 is 15.8 Å². The minimum atomic E-state index is -1.06. The lowest BCUT2D eigenvalue weighted by atomic mass is 10.0. The van der Waals surface area contributed by atoms with Crippen molar-refractivity contribution in [1.82, 2.24) is 5.32 Å². The zero-order valence-corrected chi connectivity index (χ0v) is 14.9. The van der Waals surface area contributed by atoms with E-state index in [1.807, 2.05) is 12.1 Å². The molecular weight excluding hydrogens is 326 g/mol. The largest absolute Gasteiger partial charge is 0.497 e. The van der Waals surface area contributed by atoms with Gasteiger partial charge in [0.25, 0.3) is 0 Å². The third kappa shape index (κ3) is 8.59. The van der Waals surface area contributed by atoms with Gasteiger partial charge in [0.1, 0.15) is 11.4 Å². The molecule has 0 spiro atoms. The number of hydrogen-bond acceptors (Lipinski definition) is 6. The molecule has 1 unspecified atom stereocenters. The molecule has 0 bridgehead atoms. The number of nitrogens with one attached hydrogen (secondary N) is 2. The maximum atomic E-state index is 12.0. The Kier molecular flexibility index (Phi) is 7.22. The molecule has 0 fully saturated rings. The molecule has 1 aromatic carbocycles. The molecule has 4 N–H and O–H groups in total. The summed E-state index contributed by atoms with van der Waals surface area (Å²) in [5.74, 6) is 0.382. The van der Waals surface area contributed by atoms with Crippen molar-refractivity contribution in [3.05, 3.63) is 29.8 Å². The third-order valence-corrected chi connectivity index (χ3v) is 3.02. The lowest BCUT2D eigenvalue weighted by molar-refractivity contribution is 0.0505. The summed E-state index contributed by atoms with van der Waals surface area (Å²) in [6, 6.07) is 6.79. The van der Waals surface area contributed by atoms with Gasteiger partial charge < -0.3 is 25.3 Å². The normalized spacial score (nSPS) is 12.0. The van der Waals surface area contributed by atoms with E-state index in [0.29, 0.717) is 12.2 Å². The first kappa shape index (κ1) is 20.3. The summed E-state index contributed by atoms with van der Waals surface area (Å²) < 4.78 is 14.9. The van der Waals surface area contributed by atoms with Gasteiger partial charge in [-0.25, -0.2) is 9.59 Å². The van der Waals surface area contributed by atoms with Gasteiger partial charge in [-0.1, -0.05) is 12.1 Å². The molecule has 8 nitrogen and oxygen atoms in total. The van der Waals surface area contributed by atoms with Gasteiger partial charge in [-0.05, 0) is 44.9 Å². The van der Waals surface area contributed by atoms with Crippen LogP contribution in [0.4, 0.5) is 9.59 Å². The highest BCUT2D eigenvalue weighted by Crippen LogP contribution is 2.15. The summed E-state index contributed by atoms with van der Waals surface area (Å²) >= 11 is 0. The third-order valence-electron chi connectivity index (χ3n) is 3.02. The van der Waals surface area contributed by atoms with Gasteiger partial charge in [-0.15, -0.1) is 0 Å². The average molecular weight is 351 g/mol. The number of alkyl carbamates (subject to hydrolysis) is 1. The summed E-state index contributed by atoms with van der Waals surface area (Å²) in [6.07, 6.45) is -1.27. The number of carbonyl (C=O) groups excluding carboxylic acids is 2. The van der Waals surface area contributed by atoms with Crippen LogP contribution in [0.2, 0.25) is 0 Å². The van der Waals surface area contributed by atoms with Gasteiger partial charge in [0, 0.05) is 12.5 Å². The summed E-state index contributed by atoms with van der Waals surface area (Å²) in [5, 5.41) is 10.4. The minimum Gasteiger partial charge on any atom is -0.497 e. The Labute approximate surface area is 147 Å². The van der Waals surface area contributed by atoms with Gasteiger partial charge in [0.2, 0.25) is 0 Å². The first-order valence-electron chi connectivity index (χ1n) is 7.76. The van der Waals surface area contributed by atoms with Crippen LogP contribution in [-0.2, 0) is 15.9 Å². The standard InChI is InChI=1S/C17H25N3O5/c1-17(2,3)25-16(22)20-12(10-14(18)24-15(19)21)9-11-5-7-13(23-4)8-6-11/h5-8,12,18H,9-10H2,1-4H3,(H2,19,21)(H,20,22). The molecule has 8 heteroatoms. The quantitative estimate of drug-likeness (QED) is 0.537. The van der Waals surface area contributed by atoms with Crippen LogP contribution in [0.25, 0.3) is 0 Å². The van der Waals surface area contributed by atoms with E-state index in [2.05, 4.69) is 10.1 Å². The fraction of sp³-hybridized carbons (Fsp3) is 0.471. The number of primary amides is 1. The highest BCUT2D eigenvalue weighted by atomic mass is 16.6. The molecule has 25 heavy (non-hydrogen) atoms. The van der Waals surface area contributed by atoms with Crippen LogP contribution in [0.15, 0.2) is 24.3 Å². The Balaban J connectivity index is 2.79. The van der Waals surface area contributed by atoms with E-state index in [9.17, 15) is 9.59 Å². The number of nitrogens with two attached hydrogens (primary N) is 1. The van der Waals surface area contributed by atoms with Crippen LogP contribution in [0.3, 0.4) is 0 Å². The first-order chi connectivity index (χ1) is 11.6. The molecule has 2 amide bonds. The molecule has 0 aliphatic rings. The average Bonchev–Trinajstić information content (AvgIpc) is 2.44. The topological polar surface area (TPSA) is 124 Å². The Morgan fingerprint density at radius 2 is 1.84 bits per heavy atom. The number of carbonyl (C=O) groups is 2. The van der Waals surface area contributed by atoms with Crippen molar-refractivity contribution in [2.45, 2.75) is 45.3 Å². The van der Waals surface area contributed by atoms with Crippen molar-refractivity contribution in [1.29, 1.82) is 5.41 Å². The molecule has 0 aliphatic heterocycles. The Bertz CT molecular complexity index is 608. The molecular formula is C17H25N3O5. The molecule has 0 radical (unpaired) electrons. The Morgan fingerprint density at radius 1 is 1.24 bits per heavy atom. The lowest BCUT2D eigenvalue weighted by Gasteiger charge is -2.23. The van der Waals surface area contributed by atoms with Crippen LogP contribution >= 0.6 is 0 Å². The van der Waals surface area contributed by atoms with E-state index < -0.39 is 23.8 Å². The number of methoxy groups -OCH3 is 1. The SMILES string of the molecule is COc1ccc(CC(CC(=N)OC(N)=O)NC(=O)OC(C)(C)C)cc1. The van der Waals surface area contributed by atoms with E-state index in [4.69, 9.17) is 20.6 Å². The number of amides is 2. The molecule has 0 saturated heterocycles. The van der Waals surface area contributed by atoms with Gasteiger partial charge in [0.15, 0.2) is 5.90 Å². The van der Waals surface area contributed by atoms with Gasteiger partial charge >= 0.3 is 12.2 Å². The van der Waals surface area contributed by atoms with Crippen LogP contribution in [0.1, 0.15) is 32.8 Å². The predicted molar refractivity (Wildman–Crippen MR) is 92.9 cm³/mol. The first-order valence-corrected chi connectivity index (χ1v) is 7.76. The van der Waals surface area contributed by atoms with Gasteiger partial charge in [0.05, 0.1) is 7.11 Å². The highest BCUT2D eigenvalue weighted by molar-refractivity contribution is 5.86. The number of ether oxygens (including phenoxy) is 3. The maximum Gasteiger partial charge on any atom is 0.411 e. The zero-order valence-electron chi connectivity index (χ0n) is 14.9. The zero-order chi connectivity index (χ0) is 19.0. The minimum absolute atomic E-state index is 0.00574. The van der Waals surface area contributed by atoms with Crippen molar-refractivity contribution < 1.29 is 23.8 Å². The smallest absolute Gasteiger partial charge is 0.411 e. The molecule has 1 aromatic rings. The monoisotopic (exact) mass is 351 g/mol. The molecule has 1 atom stereocenters. The van der Waals surface area contributed by atoms with Crippen LogP contribution in [0, 0.1) is 5.41 Å². The highest BCUT2D eigenvalue weighted by Gasteiger charge is 2.21. The summed E-state index contributed by atoms with van der Waals surface area (Å²) in [6.45, 7) is 5.26. The van der Waals surface area contributed by atoms with E-state index in [0.717, 1.165) is 5.56 Å². The lowest BCUT2D eigenvalue weighted by Crippen LogP contribution is -2.41. The number of hydrogen-bond donors (Lipinski definition) is 3. The van der Waals surface area contributed by atoms with Crippen molar-refractivity contribution in [2.75, 3.05) is 7.11 Å². The second-order valence-corrected chi connectivity index (χ2v) is 6.44. The second-order valence-electron chi connectivity index (χ2n) is 6.44. The Morgan fingerprint density at radius 3 is 2.32 bits per heavy atom. The molecule has 1 rings (SSSR count). The van der Waals surface area contributed by atoms with Crippen molar-refractivity contribution in [3.8, 4) is 5.75 Å². The molecule has 0 saturated carbocycles. The fourth-order valence-electron chi connectivity index (χ4n) is 2.08. The predicted octanol–water partition coefficient (Wildman–Crippen LogP) is 2.59. The Hall–Kier alpha value is -2.77. The fourth-order valence-corrected chi connectivity index (χ4v) is 2.08. The molecule has 0 aliphatic carbocycles. The molecule has 0 aromatic heterocycles. The summed E-state index contributed by atoms with van der Waals surface area (Å²) in [7, 11) is 1.57. The van der Waals surface area contributed by atoms with Crippen LogP contribution in [-0.4, -0.2) is 36.8 Å². The van der Waals surface area contributed by atoms with E-state index in [1.54, 1.807) is 40.0 Å². The number of benzene rings is 1. The van der Waals surface area contributed by atoms with E-state index in [-0.39, 0.29) is 12.3 Å². The second kappa shape index (κ2) is 8.91.